The third kappa shape index (κ3) is 22.1. The quantitative estimate of drug-likeness (QED) is 0.0260. The Balaban J connectivity index is 0.606. The molecule has 16 aliphatic rings. The summed E-state index contributed by atoms with van der Waals surface area (Å²) in [7, 11) is 0. The van der Waals surface area contributed by atoms with Crippen molar-refractivity contribution in [1.82, 2.24) is 0 Å². The zero-order chi connectivity index (χ0) is 102. The Morgan fingerprint density at radius 1 is 0.268 bits per heavy atom. The normalized spacial score (nSPS) is 52.9. The maximum absolute atomic E-state index is 12.2. The van der Waals surface area contributed by atoms with Crippen LogP contribution in [0.5, 0.6) is 0 Å². The first-order valence-corrected chi connectivity index (χ1v) is 52.6. The van der Waals surface area contributed by atoms with E-state index in [2.05, 4.69) is 34.6 Å². The zero-order valence-electron chi connectivity index (χ0n) is 81.8. The Bertz CT molecular complexity index is 3810. The van der Waals surface area contributed by atoms with E-state index in [0.29, 0.717) is 111 Å². The van der Waals surface area contributed by atoms with Crippen LogP contribution in [0.4, 0.5) is 0 Å². The van der Waals surface area contributed by atoms with E-state index in [4.69, 9.17) is 75.8 Å². The predicted octanol–water partition coefficient (Wildman–Crippen LogP) is -6.19. The molecule has 44 nitrogen and oxygen atoms in total. The van der Waals surface area contributed by atoms with Crippen LogP contribution in [0, 0.1) is 98.6 Å². The van der Waals surface area contributed by atoms with Gasteiger partial charge in [-0.3, -0.25) is 0 Å². The summed E-state index contributed by atoms with van der Waals surface area (Å²) < 4.78 is 97.4. The van der Waals surface area contributed by atoms with Crippen LogP contribution in [0.1, 0.15) is 189 Å². The number of aliphatic hydroxyl groups is 28. The van der Waals surface area contributed by atoms with Crippen molar-refractivity contribution in [3.05, 3.63) is 0 Å². The van der Waals surface area contributed by atoms with E-state index in [0.717, 1.165) is 96.3 Å². The van der Waals surface area contributed by atoms with Crippen LogP contribution in [-0.2, 0) is 75.8 Å². The molecule has 0 bridgehead atoms. The Labute approximate surface area is 826 Å². The van der Waals surface area contributed by atoms with Crippen molar-refractivity contribution in [3.8, 4) is 0 Å². The lowest BCUT2D eigenvalue weighted by Crippen LogP contribution is -2.65. The van der Waals surface area contributed by atoms with Gasteiger partial charge in [-0.25, -0.2) is 0 Å². The number of rotatable bonds is 36. The summed E-state index contributed by atoms with van der Waals surface area (Å²) in [6.07, 6.45) is -48.0. The van der Waals surface area contributed by atoms with Gasteiger partial charge < -0.3 is 219 Å². The molecule has 8 aliphatic heterocycles. The summed E-state index contributed by atoms with van der Waals surface area (Å²) in [5, 5.41) is 306. The van der Waals surface area contributed by atoms with E-state index in [-0.39, 0.29) is 65.3 Å². The van der Waals surface area contributed by atoms with E-state index in [9.17, 15) is 143 Å². The smallest absolute Gasteiger partial charge is 0.187 e. The molecule has 0 spiro atoms. The lowest BCUT2D eigenvalue weighted by molar-refractivity contribution is -0.365. The Morgan fingerprint density at radius 3 is 0.930 bits per heavy atom. The first-order chi connectivity index (χ1) is 67.7. The minimum atomic E-state index is -1.95. The van der Waals surface area contributed by atoms with Crippen LogP contribution in [0.2, 0.25) is 0 Å². The first-order valence-electron chi connectivity index (χ1n) is 52.6. The van der Waals surface area contributed by atoms with Gasteiger partial charge in [0, 0.05) is 5.41 Å². The summed E-state index contributed by atoms with van der Waals surface area (Å²) in [5.41, 5.74) is -1.27. The average Bonchev–Trinajstić information content (AvgIpc) is 1.47. The van der Waals surface area contributed by atoms with E-state index in [1.165, 1.54) is 0 Å². The first kappa shape index (κ1) is 113. The molecule has 0 aromatic carbocycles. The number of ether oxygens (including phenoxy) is 16. The SMILES string of the molecule is CC(CCCC(CCCC(C)C1CCC2C3CCC4CC(O[C@H]5OC(CO)[C@H](O[C@@H]6OC(CO)[C@H](O)C(O)[C@H]6O)C(O)[C@H]5O)CCC4(C)C3CCC12C)(CO[C@@H]1OC(CO)[C@@H](O[C@H]2OC(CO)C(O)[C@H](O)C2O)[C@H](O)C1O)CO[C@H]1OC(CO)[C@H](O[C@@H]2OC(CO)[C@H](O)C(O)[C@H]2O)C(O)[C@H]1O)C1CCC2C1CCC1C2CCC2CC(O[C@@H]3OC(CO)[C@@H](O[C@H]4OC(CO)[C@@H](O)[C@H](O)C4O)[C@H](O)C3O)CCC21C. The van der Waals surface area contributed by atoms with Crippen LogP contribution >= 0.6 is 0 Å². The molecule has 0 aromatic heterocycles. The summed E-state index contributed by atoms with van der Waals surface area (Å²) in [5.74, 6) is 4.54. The monoisotopic (exact) mass is 2050 g/mol. The Morgan fingerprint density at radius 2 is 0.556 bits per heavy atom. The van der Waals surface area contributed by atoms with Gasteiger partial charge in [0.2, 0.25) is 0 Å². The largest absolute Gasteiger partial charge is 0.394 e. The highest BCUT2D eigenvalue weighted by molar-refractivity contribution is 5.13. The molecule has 822 valence electrons. The highest BCUT2D eigenvalue weighted by atomic mass is 16.8. The van der Waals surface area contributed by atoms with Gasteiger partial charge in [0.05, 0.1) is 78.3 Å². The van der Waals surface area contributed by atoms with Gasteiger partial charge in [-0.1, -0.05) is 60.3 Å². The summed E-state index contributed by atoms with van der Waals surface area (Å²) in [4.78, 5) is 0. The van der Waals surface area contributed by atoms with Crippen LogP contribution < -0.4 is 0 Å². The standard InChI is InChI=1S/C98H166O44/c1-40(46-14-15-48-47(46)16-17-52-49(48)12-10-42-28-44(20-25-95(42,52)3)129-89-81(125)73(117)85(61(36-105)137-89)141-93-77(121)69(113)65(109)57(32-101)133-93)8-6-23-98(38-127-87-79(123)71(115)83(59(34-103)135-87)139-91-75(119)67(111)63(107)55(30-99)131-91,39-128-88-80(124)72(116)84(60(35-104)136-88)140-92-76(120)68(112)64(108)56(31-100)132-92)24-7-9-41(2)51-18-19-53-50-13-11-43-29-45(21-26-96(43,4)54(50)22-27-97(51,53)5)130-90-82(126)74(118)86(62(37-106)138-90)142-94-78(122)70(114)66(110)58(33-102)134-94/h40-94,99-126H,6-39H2,1-5H3/t40?,41?,42?,43?,44?,45?,46?,47?,48?,49?,50?,51?,52?,53?,54?,55?,56?,57?,58?,59?,60?,61?,62?,63-,64?,65+,66-,67?,68-,69-,70?,71?,72+,73+,74?,75+,76?,77?,78+,79+,80?,81?,82+,83-,84+,85+,86-,87-,88+,89+,90-,91-,92+,93+,94-,95?,96?,97?,98?/m0/s1. The van der Waals surface area contributed by atoms with Crippen molar-refractivity contribution < 1.29 is 219 Å². The van der Waals surface area contributed by atoms with Crippen LogP contribution in [0.25, 0.3) is 0 Å². The molecule has 8 heterocycles. The minimum Gasteiger partial charge on any atom is -0.394 e. The molecule has 8 saturated heterocycles. The number of fused-ring (bicyclic) bond motifs is 10. The second kappa shape index (κ2) is 47.3. The highest BCUT2D eigenvalue weighted by Crippen LogP contribution is 2.70. The van der Waals surface area contributed by atoms with Gasteiger partial charge in [-0.15, -0.1) is 0 Å². The molecular weight excluding hydrogens is 1880 g/mol. The van der Waals surface area contributed by atoms with Gasteiger partial charge in [-0.2, -0.15) is 0 Å². The average molecular weight is 2050 g/mol. The lowest BCUT2D eigenvalue weighted by atomic mass is 9.44. The second-order valence-corrected chi connectivity index (χ2v) is 46.0. The molecule has 142 heavy (non-hydrogen) atoms. The molecule has 8 aliphatic carbocycles. The predicted molar refractivity (Wildman–Crippen MR) is 482 cm³/mol. The molecule has 36 unspecified atom stereocenters. The van der Waals surface area contributed by atoms with E-state index in [1.54, 1.807) is 0 Å². The van der Waals surface area contributed by atoms with Gasteiger partial charge >= 0.3 is 0 Å². The number of hydrogen-bond donors (Lipinski definition) is 28. The van der Waals surface area contributed by atoms with E-state index >= 15 is 0 Å². The third-order valence-electron chi connectivity index (χ3n) is 38.4. The molecule has 44 heteroatoms. The maximum atomic E-state index is 12.2. The van der Waals surface area contributed by atoms with E-state index < -0.39 is 304 Å². The molecule has 28 N–H and O–H groups in total. The summed E-state index contributed by atoms with van der Waals surface area (Å²) in [6.45, 7) is 5.15. The maximum Gasteiger partial charge on any atom is 0.187 e. The molecule has 16 rings (SSSR count). The molecule has 8 saturated carbocycles. The van der Waals surface area contributed by atoms with Gasteiger partial charge in [0.1, 0.15) is 195 Å². The molecule has 0 aromatic rings. The summed E-state index contributed by atoms with van der Waals surface area (Å²) in [6, 6.07) is 0. The molecule has 59 atom stereocenters. The van der Waals surface area contributed by atoms with Crippen molar-refractivity contribution in [2.75, 3.05) is 66.1 Å². The van der Waals surface area contributed by atoms with Crippen LogP contribution in [0.15, 0.2) is 0 Å². The summed E-state index contributed by atoms with van der Waals surface area (Å²) >= 11 is 0. The molecular formula is C98H166O44. The highest BCUT2D eigenvalue weighted by Gasteiger charge is 2.65. The topological polar surface area (TPSA) is 714 Å². The van der Waals surface area contributed by atoms with Gasteiger partial charge in [0.15, 0.2) is 50.3 Å². The van der Waals surface area contributed by atoms with E-state index in [1.807, 2.05) is 0 Å². The molecule has 0 radical (unpaired) electrons. The Hall–Kier alpha value is -1.76. The second-order valence-electron chi connectivity index (χ2n) is 46.0. The van der Waals surface area contributed by atoms with Gasteiger partial charge in [0.25, 0.3) is 0 Å². The number of aliphatic hydroxyl groups excluding tert-OH is 28. The van der Waals surface area contributed by atoms with Crippen molar-refractivity contribution in [3.63, 3.8) is 0 Å². The lowest BCUT2D eigenvalue weighted by Gasteiger charge is -2.61. The van der Waals surface area contributed by atoms with Crippen molar-refractivity contribution in [2.45, 2.75) is 447 Å². The Kier molecular flexibility index (Phi) is 37.6. The minimum absolute atomic E-state index is 0.0375. The van der Waals surface area contributed by atoms with Crippen LogP contribution in [-0.4, -0.2) is 467 Å². The van der Waals surface area contributed by atoms with Crippen LogP contribution in [0.3, 0.4) is 0 Å². The third-order valence-corrected chi connectivity index (χ3v) is 38.4. The molecule has 16 fully saturated rings. The number of hydrogen-bond acceptors (Lipinski definition) is 44. The fourth-order valence-corrected chi connectivity index (χ4v) is 30.2. The van der Waals surface area contributed by atoms with Gasteiger partial charge in [-0.05, 0) is 222 Å². The molecule has 0 amide bonds. The zero-order valence-corrected chi connectivity index (χ0v) is 81.8. The van der Waals surface area contributed by atoms with Crippen molar-refractivity contribution in [2.24, 2.45) is 98.6 Å². The fraction of sp³-hybridized carbons (Fsp3) is 1.00. The fourth-order valence-electron chi connectivity index (χ4n) is 30.2. The van der Waals surface area contributed by atoms with Crippen molar-refractivity contribution in [1.29, 1.82) is 0 Å². The van der Waals surface area contributed by atoms with Crippen molar-refractivity contribution >= 4 is 0 Å².